The number of carbonyl (C=O) groups excluding carboxylic acids is 1. The summed E-state index contributed by atoms with van der Waals surface area (Å²) in [6.07, 6.45) is 0. The van der Waals surface area contributed by atoms with Crippen LogP contribution in [0.2, 0.25) is 0 Å². The van der Waals surface area contributed by atoms with Crippen molar-refractivity contribution in [2.45, 2.75) is 18.0 Å². The normalized spacial score (nSPS) is 21.9. The molecule has 0 aliphatic carbocycles. The summed E-state index contributed by atoms with van der Waals surface area (Å²) >= 11 is 0. The molecule has 0 radical (unpaired) electrons. The van der Waals surface area contributed by atoms with Crippen molar-refractivity contribution in [3.63, 3.8) is 0 Å². The van der Waals surface area contributed by atoms with Crippen LogP contribution in [0, 0.1) is 11.3 Å². The van der Waals surface area contributed by atoms with Gasteiger partial charge in [0.15, 0.2) is 0 Å². The highest BCUT2D eigenvalue weighted by atomic mass is 16.3. The van der Waals surface area contributed by atoms with Crippen molar-refractivity contribution in [2.75, 3.05) is 20.7 Å². The molecular formula is C20H21N3O2. The zero-order chi connectivity index (χ0) is 18.0. The molecule has 5 heteroatoms. The Morgan fingerprint density at radius 2 is 1.68 bits per heavy atom. The zero-order valence-electron chi connectivity index (χ0n) is 14.3. The zero-order valence-corrected chi connectivity index (χ0v) is 14.3. The lowest BCUT2D eigenvalue weighted by atomic mass is 9.78. The fourth-order valence-electron chi connectivity index (χ4n) is 3.22. The lowest BCUT2D eigenvalue weighted by Gasteiger charge is -2.41. The SMILES string of the molecule is CN(C)C(=O)c1ccc(-c2ccc([C@H]3[C@@H](C#N)N[C@@H]3CO)cc2)cc1. The van der Waals surface area contributed by atoms with Crippen LogP contribution in [0.4, 0.5) is 0 Å². The van der Waals surface area contributed by atoms with Crippen molar-refractivity contribution in [3.8, 4) is 17.2 Å². The van der Waals surface area contributed by atoms with E-state index in [1.807, 2.05) is 48.5 Å². The van der Waals surface area contributed by atoms with E-state index in [9.17, 15) is 9.90 Å². The Hall–Kier alpha value is -2.68. The number of nitrogens with zero attached hydrogens (tertiary/aromatic N) is 2. The van der Waals surface area contributed by atoms with Crippen molar-refractivity contribution in [1.82, 2.24) is 10.2 Å². The van der Waals surface area contributed by atoms with Gasteiger partial charge in [0.2, 0.25) is 0 Å². The summed E-state index contributed by atoms with van der Waals surface area (Å²) in [7, 11) is 3.47. The predicted octanol–water partition coefficient (Wildman–Crippen LogP) is 2.00. The number of nitriles is 1. The highest BCUT2D eigenvalue weighted by molar-refractivity contribution is 5.94. The van der Waals surface area contributed by atoms with E-state index in [0.29, 0.717) is 5.56 Å². The second-order valence-electron chi connectivity index (χ2n) is 6.49. The molecule has 3 rings (SSSR count). The molecule has 1 aliphatic rings. The van der Waals surface area contributed by atoms with Crippen molar-refractivity contribution >= 4 is 5.91 Å². The first-order chi connectivity index (χ1) is 12.0. The molecule has 1 fully saturated rings. The van der Waals surface area contributed by atoms with E-state index in [-0.39, 0.29) is 30.5 Å². The fourth-order valence-corrected chi connectivity index (χ4v) is 3.22. The molecule has 1 saturated heterocycles. The highest BCUT2D eigenvalue weighted by Crippen LogP contribution is 2.33. The van der Waals surface area contributed by atoms with E-state index in [4.69, 9.17) is 5.26 Å². The number of nitrogens with one attached hydrogen (secondary N) is 1. The summed E-state index contributed by atoms with van der Waals surface area (Å²) in [5.74, 6) is 0.00103. The van der Waals surface area contributed by atoms with Crippen molar-refractivity contribution < 1.29 is 9.90 Å². The molecule has 2 aromatic carbocycles. The summed E-state index contributed by atoms with van der Waals surface area (Å²) < 4.78 is 0. The van der Waals surface area contributed by atoms with E-state index >= 15 is 0 Å². The molecular weight excluding hydrogens is 314 g/mol. The molecule has 0 unspecified atom stereocenters. The molecule has 0 aromatic heterocycles. The first-order valence-electron chi connectivity index (χ1n) is 8.23. The second-order valence-corrected chi connectivity index (χ2v) is 6.49. The maximum absolute atomic E-state index is 11.9. The van der Waals surface area contributed by atoms with Gasteiger partial charge in [-0.25, -0.2) is 0 Å². The maximum Gasteiger partial charge on any atom is 0.253 e. The standard InChI is InChI=1S/C20H21N3O2/c1-23(2)20(25)16-9-5-14(6-10-16)13-3-7-15(8-4-13)19-17(11-21)22-18(19)12-24/h3-10,17-19,22,24H,12H2,1-2H3/t17-,18-,19+/m1/s1. The summed E-state index contributed by atoms with van der Waals surface area (Å²) in [6.45, 7) is 0.0198. The van der Waals surface area contributed by atoms with Gasteiger partial charge in [-0.15, -0.1) is 0 Å². The van der Waals surface area contributed by atoms with Gasteiger partial charge in [-0.05, 0) is 28.8 Å². The van der Waals surface area contributed by atoms with Gasteiger partial charge < -0.3 is 10.0 Å². The van der Waals surface area contributed by atoms with E-state index < -0.39 is 0 Å². The molecule has 128 valence electrons. The molecule has 5 nitrogen and oxygen atoms in total. The van der Waals surface area contributed by atoms with Crippen LogP contribution in [0.1, 0.15) is 21.8 Å². The van der Waals surface area contributed by atoms with Crippen LogP contribution in [-0.4, -0.2) is 48.7 Å². The molecule has 25 heavy (non-hydrogen) atoms. The summed E-state index contributed by atoms with van der Waals surface area (Å²) in [6, 6.07) is 17.5. The first-order valence-corrected chi connectivity index (χ1v) is 8.23. The van der Waals surface area contributed by atoms with Gasteiger partial charge in [-0.2, -0.15) is 5.26 Å². The minimum Gasteiger partial charge on any atom is -0.395 e. The average molecular weight is 335 g/mol. The van der Waals surface area contributed by atoms with Crippen LogP contribution in [-0.2, 0) is 0 Å². The van der Waals surface area contributed by atoms with E-state index in [2.05, 4.69) is 11.4 Å². The lowest BCUT2D eigenvalue weighted by Crippen LogP contribution is -2.60. The van der Waals surface area contributed by atoms with Crippen molar-refractivity contribution in [3.05, 3.63) is 59.7 Å². The largest absolute Gasteiger partial charge is 0.395 e. The summed E-state index contributed by atoms with van der Waals surface area (Å²) in [5, 5.41) is 21.6. The Labute approximate surface area is 147 Å². The summed E-state index contributed by atoms with van der Waals surface area (Å²) in [5.41, 5.74) is 3.79. The molecule has 2 aromatic rings. The molecule has 3 atom stereocenters. The van der Waals surface area contributed by atoms with E-state index in [1.165, 1.54) is 0 Å². The van der Waals surface area contributed by atoms with Crippen LogP contribution < -0.4 is 5.32 Å². The number of aliphatic hydroxyl groups excluding tert-OH is 1. The number of hydrogen-bond donors (Lipinski definition) is 2. The molecule has 1 heterocycles. The minimum atomic E-state index is -0.251. The highest BCUT2D eigenvalue weighted by Gasteiger charge is 2.41. The topological polar surface area (TPSA) is 76.4 Å². The fraction of sp³-hybridized carbons (Fsp3) is 0.300. The van der Waals surface area contributed by atoms with Crippen molar-refractivity contribution in [1.29, 1.82) is 5.26 Å². The lowest BCUT2D eigenvalue weighted by molar-refractivity contribution is 0.0827. The van der Waals surface area contributed by atoms with Gasteiger partial charge in [-0.3, -0.25) is 10.1 Å². The molecule has 0 bridgehead atoms. The molecule has 2 N–H and O–H groups in total. The van der Waals surface area contributed by atoms with Gasteiger partial charge in [0, 0.05) is 31.6 Å². The van der Waals surface area contributed by atoms with Gasteiger partial charge in [0.05, 0.1) is 12.7 Å². The third kappa shape index (κ3) is 3.27. The summed E-state index contributed by atoms with van der Waals surface area (Å²) in [4.78, 5) is 13.5. The first kappa shape index (κ1) is 17.2. The minimum absolute atomic E-state index is 0.0167. The smallest absolute Gasteiger partial charge is 0.253 e. The monoisotopic (exact) mass is 335 g/mol. The van der Waals surface area contributed by atoms with Gasteiger partial charge in [-0.1, -0.05) is 36.4 Å². The van der Waals surface area contributed by atoms with Crippen LogP contribution in [0.25, 0.3) is 11.1 Å². The Kier molecular flexibility index (Phi) is 4.84. The third-order valence-corrected chi connectivity index (χ3v) is 4.69. The second kappa shape index (κ2) is 7.06. The van der Waals surface area contributed by atoms with E-state index in [1.54, 1.807) is 19.0 Å². The molecule has 1 amide bonds. The molecule has 0 spiro atoms. The Morgan fingerprint density at radius 1 is 1.12 bits per heavy atom. The third-order valence-electron chi connectivity index (χ3n) is 4.69. The maximum atomic E-state index is 11.9. The quantitative estimate of drug-likeness (QED) is 0.896. The molecule has 1 aliphatic heterocycles. The number of benzene rings is 2. The number of rotatable bonds is 4. The Bertz CT molecular complexity index is 791. The predicted molar refractivity (Wildman–Crippen MR) is 96.0 cm³/mol. The average Bonchev–Trinajstić information content (AvgIpc) is 2.62. The van der Waals surface area contributed by atoms with Crippen LogP contribution in [0.5, 0.6) is 0 Å². The van der Waals surface area contributed by atoms with E-state index in [0.717, 1.165) is 16.7 Å². The van der Waals surface area contributed by atoms with Gasteiger partial charge >= 0.3 is 0 Å². The number of amides is 1. The van der Waals surface area contributed by atoms with Crippen LogP contribution in [0.15, 0.2) is 48.5 Å². The Morgan fingerprint density at radius 3 is 2.16 bits per heavy atom. The van der Waals surface area contributed by atoms with Gasteiger partial charge in [0.25, 0.3) is 5.91 Å². The van der Waals surface area contributed by atoms with Crippen LogP contribution >= 0.6 is 0 Å². The van der Waals surface area contributed by atoms with Crippen molar-refractivity contribution in [2.24, 2.45) is 0 Å². The van der Waals surface area contributed by atoms with Gasteiger partial charge in [0.1, 0.15) is 6.04 Å². The Balaban J connectivity index is 1.79. The molecule has 0 saturated carbocycles. The number of aliphatic hydroxyl groups is 1. The number of carbonyl (C=O) groups is 1. The van der Waals surface area contributed by atoms with Crippen LogP contribution in [0.3, 0.4) is 0 Å². The number of hydrogen-bond acceptors (Lipinski definition) is 4.